The number of unbranched alkanes of at least 4 members (excludes halogenated alkanes) is 28. The zero-order chi connectivity index (χ0) is 42.3. The Labute approximate surface area is 359 Å². The summed E-state index contributed by atoms with van der Waals surface area (Å²) in [7, 11) is 0. The van der Waals surface area contributed by atoms with E-state index < -0.39 is 6.10 Å². The van der Waals surface area contributed by atoms with Crippen molar-refractivity contribution in [3.63, 3.8) is 0 Å². The summed E-state index contributed by atoms with van der Waals surface area (Å²) in [6.45, 7) is 6.57. The topological polar surface area (TPSA) is 78.9 Å². The van der Waals surface area contributed by atoms with Gasteiger partial charge in [-0.25, -0.2) is 0 Å². The highest BCUT2D eigenvalue weighted by molar-refractivity contribution is 5.71. The van der Waals surface area contributed by atoms with Gasteiger partial charge < -0.3 is 14.2 Å². The molecular formula is C52H94O6. The molecule has 58 heavy (non-hydrogen) atoms. The third-order valence-corrected chi connectivity index (χ3v) is 10.9. The molecule has 6 heteroatoms. The van der Waals surface area contributed by atoms with E-state index in [9.17, 15) is 14.4 Å². The van der Waals surface area contributed by atoms with E-state index >= 15 is 0 Å². The lowest BCUT2D eigenvalue weighted by Crippen LogP contribution is -2.30. The molecule has 0 aliphatic carbocycles. The first kappa shape index (κ1) is 55.6. The summed E-state index contributed by atoms with van der Waals surface area (Å²) in [5.41, 5.74) is 0. The van der Waals surface area contributed by atoms with Crippen LogP contribution < -0.4 is 0 Å². The van der Waals surface area contributed by atoms with Crippen LogP contribution in [0.2, 0.25) is 0 Å². The molecule has 1 atom stereocenters. The second-order valence-corrected chi connectivity index (χ2v) is 16.7. The van der Waals surface area contributed by atoms with Crippen molar-refractivity contribution in [2.24, 2.45) is 0 Å². The van der Waals surface area contributed by atoms with Crippen molar-refractivity contribution < 1.29 is 28.6 Å². The predicted octanol–water partition coefficient (Wildman–Crippen LogP) is 16.1. The summed E-state index contributed by atoms with van der Waals surface area (Å²) in [6.07, 6.45) is 54.1. The van der Waals surface area contributed by atoms with Crippen molar-refractivity contribution in [3.8, 4) is 0 Å². The molecule has 0 aromatic heterocycles. The second-order valence-electron chi connectivity index (χ2n) is 16.7. The highest BCUT2D eigenvalue weighted by atomic mass is 16.6. The molecule has 0 fully saturated rings. The molecule has 0 radical (unpaired) electrons. The van der Waals surface area contributed by atoms with Crippen LogP contribution in [0.4, 0.5) is 0 Å². The van der Waals surface area contributed by atoms with Gasteiger partial charge in [-0.1, -0.05) is 198 Å². The van der Waals surface area contributed by atoms with E-state index in [-0.39, 0.29) is 31.1 Å². The SMILES string of the molecule is CCCCC/C=C\C/C=C\CCCCCCCCCCCC(=O)OCC(COC(=O)CCCCCCCCCCC)OC(=O)CCCCCCC/C=C\CCCCC. The Morgan fingerprint density at radius 1 is 0.345 bits per heavy atom. The van der Waals surface area contributed by atoms with E-state index in [4.69, 9.17) is 14.2 Å². The quantitative estimate of drug-likeness (QED) is 0.0264. The van der Waals surface area contributed by atoms with Gasteiger partial charge in [0, 0.05) is 19.3 Å². The van der Waals surface area contributed by atoms with Gasteiger partial charge in [-0.3, -0.25) is 14.4 Å². The van der Waals surface area contributed by atoms with E-state index in [1.165, 1.54) is 141 Å². The maximum Gasteiger partial charge on any atom is 0.306 e. The Morgan fingerprint density at radius 3 is 1.00 bits per heavy atom. The van der Waals surface area contributed by atoms with Crippen molar-refractivity contribution >= 4 is 17.9 Å². The van der Waals surface area contributed by atoms with Crippen molar-refractivity contribution in [1.82, 2.24) is 0 Å². The Kier molecular flexibility index (Phi) is 45.4. The minimum absolute atomic E-state index is 0.0746. The summed E-state index contributed by atoms with van der Waals surface area (Å²) < 4.78 is 16.7. The highest BCUT2D eigenvalue weighted by Crippen LogP contribution is 2.15. The van der Waals surface area contributed by atoms with Gasteiger partial charge in [0.2, 0.25) is 0 Å². The molecule has 0 aromatic rings. The van der Waals surface area contributed by atoms with Crippen LogP contribution in [-0.4, -0.2) is 37.2 Å². The Balaban J connectivity index is 4.28. The van der Waals surface area contributed by atoms with Crippen LogP contribution >= 0.6 is 0 Å². The van der Waals surface area contributed by atoms with E-state index in [0.717, 1.165) is 77.0 Å². The monoisotopic (exact) mass is 815 g/mol. The highest BCUT2D eigenvalue weighted by Gasteiger charge is 2.19. The van der Waals surface area contributed by atoms with E-state index in [1.807, 2.05) is 0 Å². The molecule has 0 spiro atoms. The number of allylic oxidation sites excluding steroid dienone is 6. The van der Waals surface area contributed by atoms with Gasteiger partial charge in [0.05, 0.1) is 0 Å². The number of hydrogen-bond donors (Lipinski definition) is 0. The summed E-state index contributed by atoms with van der Waals surface area (Å²) >= 11 is 0. The first-order chi connectivity index (χ1) is 28.5. The van der Waals surface area contributed by atoms with E-state index in [1.54, 1.807) is 0 Å². The molecule has 0 aromatic carbocycles. The lowest BCUT2D eigenvalue weighted by molar-refractivity contribution is -0.167. The van der Waals surface area contributed by atoms with Crippen molar-refractivity contribution in [3.05, 3.63) is 36.5 Å². The number of esters is 3. The van der Waals surface area contributed by atoms with Gasteiger partial charge in [-0.15, -0.1) is 0 Å². The first-order valence-electron chi connectivity index (χ1n) is 25.0. The van der Waals surface area contributed by atoms with Crippen LogP contribution in [0.1, 0.15) is 258 Å². The first-order valence-corrected chi connectivity index (χ1v) is 25.0. The number of ether oxygens (including phenoxy) is 3. The minimum Gasteiger partial charge on any atom is -0.462 e. The lowest BCUT2D eigenvalue weighted by atomic mass is 10.1. The Morgan fingerprint density at radius 2 is 0.621 bits per heavy atom. The number of carbonyl (C=O) groups excluding carboxylic acids is 3. The Hall–Kier alpha value is -2.37. The predicted molar refractivity (Wildman–Crippen MR) is 247 cm³/mol. The molecule has 0 saturated heterocycles. The van der Waals surface area contributed by atoms with Gasteiger partial charge in [-0.05, 0) is 77.0 Å². The van der Waals surface area contributed by atoms with E-state index in [2.05, 4.69) is 57.2 Å². The summed E-state index contributed by atoms with van der Waals surface area (Å²) in [5.74, 6) is -0.885. The van der Waals surface area contributed by atoms with Gasteiger partial charge >= 0.3 is 17.9 Å². The number of hydrogen-bond acceptors (Lipinski definition) is 6. The molecule has 0 heterocycles. The molecule has 6 nitrogen and oxygen atoms in total. The van der Waals surface area contributed by atoms with Crippen LogP contribution in [0, 0.1) is 0 Å². The van der Waals surface area contributed by atoms with Crippen LogP contribution in [0.3, 0.4) is 0 Å². The summed E-state index contributed by atoms with van der Waals surface area (Å²) in [6, 6.07) is 0. The average molecular weight is 815 g/mol. The molecule has 1 unspecified atom stereocenters. The smallest absolute Gasteiger partial charge is 0.306 e. The van der Waals surface area contributed by atoms with Gasteiger partial charge in [0.15, 0.2) is 6.10 Å². The molecule has 0 aliphatic heterocycles. The molecule has 0 saturated carbocycles. The Bertz CT molecular complexity index is 984. The second kappa shape index (κ2) is 47.3. The van der Waals surface area contributed by atoms with Crippen LogP contribution in [-0.2, 0) is 28.6 Å². The van der Waals surface area contributed by atoms with Gasteiger partial charge in [-0.2, -0.15) is 0 Å². The fourth-order valence-electron chi connectivity index (χ4n) is 7.05. The summed E-state index contributed by atoms with van der Waals surface area (Å²) in [4.78, 5) is 37.8. The van der Waals surface area contributed by atoms with E-state index in [0.29, 0.717) is 19.3 Å². The standard InChI is InChI=1S/C52H94O6/c1-4-7-10-13-16-19-21-23-24-25-26-27-28-29-31-33-36-39-42-45-51(54)57-48-49(47-56-50(53)44-41-38-35-32-18-15-12-9-6-3)58-52(55)46-43-40-37-34-30-22-20-17-14-11-8-5-2/h16-17,19-20,23-24,49H,4-15,18,21-22,25-48H2,1-3H3/b19-16-,20-17-,24-23-. The zero-order valence-corrected chi connectivity index (χ0v) is 38.6. The third-order valence-electron chi connectivity index (χ3n) is 10.9. The van der Waals surface area contributed by atoms with Gasteiger partial charge in [0.1, 0.15) is 13.2 Å². The maximum atomic E-state index is 12.7. The minimum atomic E-state index is -0.772. The molecule has 0 rings (SSSR count). The molecule has 338 valence electrons. The molecule has 0 aliphatic rings. The fourth-order valence-corrected chi connectivity index (χ4v) is 7.05. The average Bonchev–Trinajstić information content (AvgIpc) is 3.22. The normalized spacial score (nSPS) is 12.3. The zero-order valence-electron chi connectivity index (χ0n) is 38.6. The molecule has 0 N–H and O–H groups in total. The summed E-state index contributed by atoms with van der Waals surface area (Å²) in [5, 5.41) is 0. The van der Waals surface area contributed by atoms with Crippen LogP contribution in [0.15, 0.2) is 36.5 Å². The van der Waals surface area contributed by atoms with Crippen LogP contribution in [0.25, 0.3) is 0 Å². The lowest BCUT2D eigenvalue weighted by Gasteiger charge is -2.18. The maximum absolute atomic E-state index is 12.7. The number of rotatable bonds is 45. The molecule has 0 bridgehead atoms. The largest absolute Gasteiger partial charge is 0.462 e. The van der Waals surface area contributed by atoms with Gasteiger partial charge in [0.25, 0.3) is 0 Å². The molecule has 0 amide bonds. The number of carbonyl (C=O) groups is 3. The van der Waals surface area contributed by atoms with Crippen LogP contribution in [0.5, 0.6) is 0 Å². The fraction of sp³-hybridized carbons (Fsp3) is 0.827. The van der Waals surface area contributed by atoms with Crippen molar-refractivity contribution in [2.45, 2.75) is 264 Å². The van der Waals surface area contributed by atoms with Crippen molar-refractivity contribution in [1.29, 1.82) is 0 Å². The third kappa shape index (κ3) is 44.7. The van der Waals surface area contributed by atoms with Crippen molar-refractivity contribution in [2.75, 3.05) is 13.2 Å². The molecular weight excluding hydrogens is 721 g/mol.